The Bertz CT molecular complexity index is 1090. The molecule has 3 rings (SSSR count). The van der Waals surface area contributed by atoms with Crippen LogP contribution < -0.4 is 0 Å². The SMILES string of the molecule is CCCCCOC(=O)C[C@H](CC(=O)[C@]1(C(C)C)CC(c2nccc3ccccc23)=NO1)C(=O)CF. The van der Waals surface area contributed by atoms with Crippen LogP contribution in [0, 0.1) is 11.8 Å². The summed E-state index contributed by atoms with van der Waals surface area (Å²) in [6, 6.07) is 9.62. The third kappa shape index (κ3) is 6.10. The van der Waals surface area contributed by atoms with Crippen molar-refractivity contribution >= 4 is 34.0 Å². The summed E-state index contributed by atoms with van der Waals surface area (Å²) in [6.07, 6.45) is 3.80. The lowest BCUT2D eigenvalue weighted by molar-refractivity contribution is -0.152. The van der Waals surface area contributed by atoms with Gasteiger partial charge in [0.05, 0.1) is 18.7 Å². The van der Waals surface area contributed by atoms with Crippen LogP contribution in [0.25, 0.3) is 10.8 Å². The minimum absolute atomic E-state index is 0.169. The van der Waals surface area contributed by atoms with E-state index in [2.05, 4.69) is 10.1 Å². The van der Waals surface area contributed by atoms with Crippen LogP contribution in [0.2, 0.25) is 0 Å². The van der Waals surface area contributed by atoms with Crippen LogP contribution in [-0.2, 0) is 24.0 Å². The number of carbonyl (C=O) groups is 3. The summed E-state index contributed by atoms with van der Waals surface area (Å²) in [5.74, 6) is -3.18. The molecule has 0 fully saturated rings. The normalized spacial score (nSPS) is 18.3. The maximum Gasteiger partial charge on any atom is 0.306 e. The summed E-state index contributed by atoms with van der Waals surface area (Å²) in [5, 5.41) is 6.10. The van der Waals surface area contributed by atoms with E-state index in [1.165, 1.54) is 0 Å². The lowest BCUT2D eigenvalue weighted by Crippen LogP contribution is -2.45. The number of Topliss-reactive ketones (excluding diaryl/α,β-unsaturated/α-hetero) is 2. The van der Waals surface area contributed by atoms with Crippen LogP contribution in [0.4, 0.5) is 4.39 Å². The number of alkyl halides is 1. The summed E-state index contributed by atoms with van der Waals surface area (Å²) in [7, 11) is 0. The van der Waals surface area contributed by atoms with Gasteiger partial charge in [0.2, 0.25) is 5.60 Å². The van der Waals surface area contributed by atoms with Crippen LogP contribution in [0.15, 0.2) is 41.7 Å². The van der Waals surface area contributed by atoms with Crippen molar-refractivity contribution in [1.29, 1.82) is 0 Å². The van der Waals surface area contributed by atoms with Crippen molar-refractivity contribution in [2.45, 2.75) is 64.9 Å². The second-order valence-corrected chi connectivity index (χ2v) is 9.29. The number of benzene rings is 1. The number of pyridine rings is 1. The first-order valence-corrected chi connectivity index (χ1v) is 12.2. The van der Waals surface area contributed by atoms with Crippen molar-refractivity contribution in [3.8, 4) is 0 Å². The van der Waals surface area contributed by atoms with Gasteiger partial charge in [-0.05, 0) is 17.9 Å². The van der Waals surface area contributed by atoms with Crippen molar-refractivity contribution < 1.29 is 28.3 Å². The van der Waals surface area contributed by atoms with Crippen LogP contribution in [0.1, 0.15) is 65.0 Å². The van der Waals surface area contributed by atoms with Gasteiger partial charge in [0, 0.05) is 36.3 Å². The van der Waals surface area contributed by atoms with Crippen LogP contribution in [-0.4, -0.2) is 47.1 Å². The third-order valence-corrected chi connectivity index (χ3v) is 6.54. The fourth-order valence-corrected chi connectivity index (χ4v) is 4.31. The predicted molar refractivity (Wildman–Crippen MR) is 131 cm³/mol. The van der Waals surface area contributed by atoms with E-state index in [0.29, 0.717) is 11.4 Å². The average Bonchev–Trinajstić information content (AvgIpc) is 3.32. The molecule has 0 aliphatic carbocycles. The highest BCUT2D eigenvalue weighted by molar-refractivity contribution is 6.12. The quantitative estimate of drug-likeness (QED) is 0.294. The minimum atomic E-state index is -1.33. The largest absolute Gasteiger partial charge is 0.466 e. The summed E-state index contributed by atoms with van der Waals surface area (Å²) in [6.45, 7) is 4.69. The lowest BCUT2D eigenvalue weighted by atomic mass is 9.77. The maximum atomic E-state index is 13.5. The predicted octanol–water partition coefficient (Wildman–Crippen LogP) is 4.99. The first-order valence-electron chi connectivity index (χ1n) is 12.2. The molecule has 7 nitrogen and oxygen atoms in total. The number of ether oxygens (including phenoxy) is 1. The van der Waals surface area contributed by atoms with Gasteiger partial charge in [-0.1, -0.05) is 63.0 Å². The van der Waals surface area contributed by atoms with E-state index in [1.807, 2.05) is 51.1 Å². The molecule has 1 aliphatic rings. The van der Waals surface area contributed by atoms with Gasteiger partial charge >= 0.3 is 5.97 Å². The second-order valence-electron chi connectivity index (χ2n) is 9.29. The number of hydrogen-bond acceptors (Lipinski definition) is 7. The van der Waals surface area contributed by atoms with E-state index in [4.69, 9.17) is 9.57 Å². The molecule has 2 aromatic rings. The van der Waals surface area contributed by atoms with E-state index in [9.17, 15) is 18.8 Å². The van der Waals surface area contributed by atoms with Gasteiger partial charge in [-0.25, -0.2) is 4.39 Å². The monoisotopic (exact) mass is 484 g/mol. The molecule has 0 N–H and O–H groups in total. The van der Waals surface area contributed by atoms with Crippen molar-refractivity contribution in [2.75, 3.05) is 13.3 Å². The Kier molecular flexibility index (Phi) is 9.07. The Morgan fingerprint density at radius 2 is 1.91 bits per heavy atom. The van der Waals surface area contributed by atoms with E-state index in [0.717, 1.165) is 30.0 Å². The highest BCUT2D eigenvalue weighted by Gasteiger charge is 2.50. The molecular formula is C27H33FN2O5. The van der Waals surface area contributed by atoms with E-state index in [-0.39, 0.29) is 31.8 Å². The number of nitrogens with zero attached hydrogens (tertiary/aromatic N) is 2. The maximum absolute atomic E-state index is 13.5. The van der Waals surface area contributed by atoms with Gasteiger partial charge in [0.1, 0.15) is 12.4 Å². The number of fused-ring (bicyclic) bond motifs is 1. The van der Waals surface area contributed by atoms with Gasteiger partial charge in [-0.2, -0.15) is 0 Å². The molecule has 0 radical (unpaired) electrons. The lowest BCUT2D eigenvalue weighted by Gasteiger charge is -2.30. The van der Waals surface area contributed by atoms with Crippen LogP contribution in [0.3, 0.4) is 0 Å². The number of aromatic nitrogens is 1. The Hall–Kier alpha value is -3.16. The molecule has 35 heavy (non-hydrogen) atoms. The van der Waals surface area contributed by atoms with E-state index < -0.39 is 35.7 Å². The highest BCUT2D eigenvalue weighted by Crippen LogP contribution is 2.37. The standard InChI is InChI=1S/C27H33FN2O5/c1-4-5-8-13-34-25(33)15-20(23(31)17-28)14-24(32)27(18(2)3)16-22(30-35-27)26-21-10-7-6-9-19(21)11-12-29-26/h6-7,9-12,18,20H,4-5,8,13-17H2,1-3H3/t20-,27+/m0/s1. The Balaban J connectivity index is 1.76. The summed E-state index contributed by atoms with van der Waals surface area (Å²) in [5.41, 5.74) is -0.161. The molecule has 0 saturated carbocycles. The van der Waals surface area contributed by atoms with Crippen LogP contribution >= 0.6 is 0 Å². The fourth-order valence-electron chi connectivity index (χ4n) is 4.31. The Morgan fingerprint density at radius 3 is 2.63 bits per heavy atom. The number of ketones is 2. The smallest absolute Gasteiger partial charge is 0.306 e. The Labute approximate surface area is 205 Å². The van der Waals surface area contributed by atoms with Gasteiger partial charge < -0.3 is 9.57 Å². The second kappa shape index (κ2) is 12.0. The van der Waals surface area contributed by atoms with Gasteiger partial charge in [0.25, 0.3) is 0 Å². The molecule has 0 unspecified atom stereocenters. The molecule has 1 aromatic carbocycles. The minimum Gasteiger partial charge on any atom is -0.466 e. The summed E-state index contributed by atoms with van der Waals surface area (Å²) >= 11 is 0. The summed E-state index contributed by atoms with van der Waals surface area (Å²) in [4.78, 5) is 48.3. The number of unbranched alkanes of at least 4 members (excludes halogenated alkanes) is 2. The molecule has 1 aliphatic heterocycles. The van der Waals surface area contributed by atoms with Gasteiger partial charge in [-0.15, -0.1) is 0 Å². The molecule has 2 heterocycles. The molecule has 0 bridgehead atoms. The van der Waals surface area contributed by atoms with E-state index >= 15 is 0 Å². The van der Waals surface area contributed by atoms with Crippen LogP contribution in [0.5, 0.6) is 0 Å². The Morgan fingerprint density at radius 1 is 1.14 bits per heavy atom. The first kappa shape index (κ1) is 26.4. The number of hydrogen-bond donors (Lipinski definition) is 0. The molecular weight excluding hydrogens is 451 g/mol. The molecule has 2 atom stereocenters. The fraction of sp³-hybridized carbons (Fsp3) is 0.519. The average molecular weight is 485 g/mol. The van der Waals surface area contributed by atoms with Crippen molar-refractivity contribution in [3.05, 3.63) is 42.2 Å². The van der Waals surface area contributed by atoms with E-state index in [1.54, 1.807) is 6.20 Å². The van der Waals surface area contributed by atoms with Crippen molar-refractivity contribution in [2.24, 2.45) is 17.0 Å². The molecule has 0 saturated heterocycles. The number of esters is 1. The zero-order chi connectivity index (χ0) is 25.4. The summed E-state index contributed by atoms with van der Waals surface area (Å²) < 4.78 is 18.5. The van der Waals surface area contributed by atoms with Crippen molar-refractivity contribution in [1.82, 2.24) is 4.98 Å². The number of halogens is 1. The number of carbonyl (C=O) groups excluding carboxylic acids is 3. The zero-order valence-corrected chi connectivity index (χ0v) is 20.6. The molecule has 0 amide bonds. The van der Waals surface area contributed by atoms with Gasteiger partial charge in [-0.3, -0.25) is 19.4 Å². The molecule has 188 valence electrons. The number of oxime groups is 1. The number of rotatable bonds is 13. The van der Waals surface area contributed by atoms with Crippen molar-refractivity contribution in [3.63, 3.8) is 0 Å². The third-order valence-electron chi connectivity index (χ3n) is 6.54. The molecule has 1 aromatic heterocycles. The first-order chi connectivity index (χ1) is 16.8. The zero-order valence-electron chi connectivity index (χ0n) is 20.6. The molecule has 8 heteroatoms. The highest BCUT2D eigenvalue weighted by atomic mass is 19.1. The molecule has 0 spiro atoms. The topological polar surface area (TPSA) is 94.9 Å². The van der Waals surface area contributed by atoms with Gasteiger partial charge in [0.15, 0.2) is 11.6 Å².